The first-order chi connectivity index (χ1) is 11.0. The van der Waals surface area contributed by atoms with Crippen LogP contribution in [0, 0.1) is 23.4 Å². The molecule has 1 aliphatic carbocycles. The van der Waals surface area contributed by atoms with Crippen molar-refractivity contribution in [2.24, 2.45) is 5.92 Å². The molecule has 0 saturated heterocycles. The fourth-order valence-corrected chi connectivity index (χ4v) is 2.72. The molecule has 4 nitrogen and oxygen atoms in total. The Bertz CT molecular complexity index is 587. The summed E-state index contributed by atoms with van der Waals surface area (Å²) >= 11 is 0. The van der Waals surface area contributed by atoms with Crippen molar-refractivity contribution in [2.75, 3.05) is 11.9 Å². The Hall–Kier alpha value is -2.05. The molecule has 126 valence electrons. The Labute approximate surface area is 132 Å². The first-order valence-electron chi connectivity index (χ1n) is 7.67. The van der Waals surface area contributed by atoms with Gasteiger partial charge in [-0.15, -0.1) is 0 Å². The number of benzene rings is 1. The highest BCUT2D eigenvalue weighted by atomic mass is 19.2. The van der Waals surface area contributed by atoms with Gasteiger partial charge < -0.3 is 10.6 Å². The largest absolute Gasteiger partial charge is 0.347 e. The summed E-state index contributed by atoms with van der Waals surface area (Å²) in [6, 6.07) is 1.64. The van der Waals surface area contributed by atoms with E-state index in [0.717, 1.165) is 25.3 Å². The van der Waals surface area contributed by atoms with Crippen LogP contribution >= 0.6 is 0 Å². The number of carbonyl (C=O) groups excluding carboxylic acids is 2. The minimum atomic E-state index is -1.65. The van der Waals surface area contributed by atoms with Crippen molar-refractivity contribution in [2.45, 2.75) is 38.5 Å². The van der Waals surface area contributed by atoms with Crippen LogP contribution in [-0.4, -0.2) is 18.4 Å². The second-order valence-corrected chi connectivity index (χ2v) is 5.74. The van der Waals surface area contributed by atoms with Crippen LogP contribution in [-0.2, 0) is 9.59 Å². The monoisotopic (exact) mass is 328 g/mol. The molecule has 2 amide bonds. The summed E-state index contributed by atoms with van der Waals surface area (Å²) in [4.78, 5) is 23.3. The molecular formula is C16H19F3N2O2. The van der Waals surface area contributed by atoms with Crippen molar-refractivity contribution in [3.8, 4) is 0 Å². The molecule has 1 aromatic carbocycles. The quantitative estimate of drug-likeness (QED) is 0.788. The SMILES string of the molecule is O=C(CCC1CCCC1)NCC(=O)Nc1ccc(F)c(F)c1F. The predicted molar refractivity (Wildman–Crippen MR) is 79.1 cm³/mol. The summed E-state index contributed by atoms with van der Waals surface area (Å²) < 4.78 is 39.2. The lowest BCUT2D eigenvalue weighted by Gasteiger charge is -2.10. The molecule has 0 aliphatic heterocycles. The summed E-state index contributed by atoms with van der Waals surface area (Å²) in [5, 5.41) is 4.53. The Morgan fingerprint density at radius 3 is 2.43 bits per heavy atom. The number of nitrogens with one attached hydrogen (secondary N) is 2. The zero-order valence-electron chi connectivity index (χ0n) is 12.6. The average molecular weight is 328 g/mol. The van der Waals surface area contributed by atoms with Gasteiger partial charge in [0, 0.05) is 6.42 Å². The number of hydrogen-bond donors (Lipinski definition) is 2. The summed E-state index contributed by atoms with van der Waals surface area (Å²) in [7, 11) is 0. The number of halogens is 3. The number of amides is 2. The van der Waals surface area contributed by atoms with E-state index >= 15 is 0 Å². The van der Waals surface area contributed by atoms with Crippen molar-refractivity contribution in [1.29, 1.82) is 0 Å². The van der Waals surface area contributed by atoms with Gasteiger partial charge in [-0.05, 0) is 24.5 Å². The highest BCUT2D eigenvalue weighted by Gasteiger charge is 2.17. The number of carbonyl (C=O) groups is 2. The molecular weight excluding hydrogens is 309 g/mol. The van der Waals surface area contributed by atoms with E-state index in [2.05, 4.69) is 10.6 Å². The van der Waals surface area contributed by atoms with Crippen molar-refractivity contribution in [3.63, 3.8) is 0 Å². The van der Waals surface area contributed by atoms with Gasteiger partial charge in [-0.25, -0.2) is 13.2 Å². The molecule has 1 fully saturated rings. The van der Waals surface area contributed by atoms with E-state index in [1.54, 1.807) is 0 Å². The average Bonchev–Trinajstić information content (AvgIpc) is 3.05. The molecule has 2 rings (SSSR count). The van der Waals surface area contributed by atoms with Gasteiger partial charge in [-0.3, -0.25) is 9.59 Å². The highest BCUT2D eigenvalue weighted by molar-refractivity contribution is 5.94. The van der Waals surface area contributed by atoms with Gasteiger partial charge in [0.1, 0.15) is 0 Å². The topological polar surface area (TPSA) is 58.2 Å². The minimum absolute atomic E-state index is 0.252. The van der Waals surface area contributed by atoms with Gasteiger partial charge in [0.25, 0.3) is 0 Å². The van der Waals surface area contributed by atoms with E-state index in [1.807, 2.05) is 0 Å². The molecule has 0 heterocycles. The van der Waals surface area contributed by atoms with Crippen LogP contribution in [0.2, 0.25) is 0 Å². The number of hydrogen-bond acceptors (Lipinski definition) is 2. The fraction of sp³-hybridized carbons (Fsp3) is 0.500. The summed E-state index contributed by atoms with van der Waals surface area (Å²) in [6.45, 7) is -0.345. The molecule has 23 heavy (non-hydrogen) atoms. The molecule has 1 aromatic rings. The van der Waals surface area contributed by atoms with Gasteiger partial charge in [0.15, 0.2) is 17.5 Å². The fourth-order valence-electron chi connectivity index (χ4n) is 2.72. The number of anilines is 1. The van der Waals surface area contributed by atoms with Crippen LogP contribution in [0.25, 0.3) is 0 Å². The molecule has 0 atom stereocenters. The van der Waals surface area contributed by atoms with E-state index in [0.29, 0.717) is 18.4 Å². The lowest BCUT2D eigenvalue weighted by Crippen LogP contribution is -2.33. The smallest absolute Gasteiger partial charge is 0.243 e. The van der Waals surface area contributed by atoms with Gasteiger partial charge in [0.05, 0.1) is 12.2 Å². The van der Waals surface area contributed by atoms with E-state index in [4.69, 9.17) is 0 Å². The molecule has 0 radical (unpaired) electrons. The Morgan fingerprint density at radius 1 is 1.04 bits per heavy atom. The van der Waals surface area contributed by atoms with E-state index in [-0.39, 0.29) is 12.5 Å². The van der Waals surface area contributed by atoms with Crippen LogP contribution < -0.4 is 10.6 Å². The van der Waals surface area contributed by atoms with Crippen LogP contribution in [0.5, 0.6) is 0 Å². The van der Waals surface area contributed by atoms with Crippen molar-refractivity contribution < 1.29 is 22.8 Å². The third-order valence-electron chi connectivity index (χ3n) is 4.01. The van der Waals surface area contributed by atoms with Gasteiger partial charge in [-0.1, -0.05) is 25.7 Å². The summed E-state index contributed by atoms with van der Waals surface area (Å²) in [5.41, 5.74) is -0.464. The van der Waals surface area contributed by atoms with Crippen molar-refractivity contribution in [1.82, 2.24) is 5.32 Å². The van der Waals surface area contributed by atoms with Crippen LogP contribution in [0.4, 0.5) is 18.9 Å². The second-order valence-electron chi connectivity index (χ2n) is 5.74. The summed E-state index contributed by atoms with van der Waals surface area (Å²) in [6.07, 6.45) is 5.83. The predicted octanol–water partition coefficient (Wildman–Crippen LogP) is 3.13. The lowest BCUT2D eigenvalue weighted by atomic mass is 10.0. The van der Waals surface area contributed by atoms with E-state index in [1.165, 1.54) is 12.8 Å². The summed E-state index contributed by atoms with van der Waals surface area (Å²) in [5.74, 6) is -4.83. The van der Waals surface area contributed by atoms with Crippen molar-refractivity contribution in [3.05, 3.63) is 29.6 Å². The number of rotatable bonds is 6. The molecule has 7 heteroatoms. The standard InChI is InChI=1S/C16H19F3N2O2/c17-11-6-7-12(16(19)15(11)18)21-14(23)9-20-13(22)8-5-10-3-1-2-4-10/h6-7,10H,1-5,8-9H2,(H,20,22)(H,21,23). The third kappa shape index (κ3) is 4.97. The third-order valence-corrected chi connectivity index (χ3v) is 4.01. The Balaban J connectivity index is 1.74. The van der Waals surface area contributed by atoms with Gasteiger partial charge in [0.2, 0.25) is 11.8 Å². The molecule has 0 aromatic heterocycles. The van der Waals surface area contributed by atoms with Gasteiger partial charge >= 0.3 is 0 Å². The molecule has 1 saturated carbocycles. The minimum Gasteiger partial charge on any atom is -0.347 e. The van der Waals surface area contributed by atoms with Gasteiger partial charge in [-0.2, -0.15) is 0 Å². The molecule has 0 unspecified atom stereocenters. The second kappa shape index (κ2) is 7.99. The van der Waals surface area contributed by atoms with Crippen LogP contribution in [0.3, 0.4) is 0 Å². The Kier molecular flexibility index (Phi) is 6.01. The highest BCUT2D eigenvalue weighted by Crippen LogP contribution is 2.28. The Morgan fingerprint density at radius 2 is 1.74 bits per heavy atom. The van der Waals surface area contributed by atoms with Crippen molar-refractivity contribution >= 4 is 17.5 Å². The molecule has 0 bridgehead atoms. The maximum absolute atomic E-state index is 13.4. The van der Waals surface area contributed by atoms with Crippen LogP contribution in [0.15, 0.2) is 12.1 Å². The maximum atomic E-state index is 13.4. The molecule has 0 spiro atoms. The zero-order chi connectivity index (χ0) is 16.8. The lowest BCUT2D eigenvalue weighted by molar-refractivity contribution is -0.124. The molecule has 2 N–H and O–H groups in total. The van der Waals surface area contributed by atoms with E-state index in [9.17, 15) is 22.8 Å². The normalized spacial score (nSPS) is 14.7. The first-order valence-corrected chi connectivity index (χ1v) is 7.67. The molecule has 1 aliphatic rings. The zero-order valence-corrected chi connectivity index (χ0v) is 12.6. The van der Waals surface area contributed by atoms with Crippen LogP contribution in [0.1, 0.15) is 38.5 Å². The first kappa shape index (κ1) is 17.3. The van der Waals surface area contributed by atoms with E-state index < -0.39 is 29.0 Å². The maximum Gasteiger partial charge on any atom is 0.243 e.